The molecule has 1 aliphatic rings. The summed E-state index contributed by atoms with van der Waals surface area (Å²) in [5.74, 6) is 0.358. The Bertz CT molecular complexity index is 1170. The first-order chi connectivity index (χ1) is 17.8. The number of ether oxygens (including phenoxy) is 3. The Morgan fingerprint density at radius 2 is 1.97 bits per heavy atom. The van der Waals surface area contributed by atoms with Gasteiger partial charge in [-0.3, -0.25) is 14.6 Å². The van der Waals surface area contributed by atoms with Gasteiger partial charge in [-0.25, -0.2) is 4.98 Å². The SMILES string of the molecule is CN=CC=C(NC)NC(=O)c1cc(Oc2ncc(C(=O)N3CCOCC3)cc2Cl)cc(O[C@@H](C)CO)c1. The highest BCUT2D eigenvalue weighted by Crippen LogP contribution is 2.31. The summed E-state index contributed by atoms with van der Waals surface area (Å²) in [6, 6.07) is 6.06. The number of nitrogens with one attached hydrogen (secondary N) is 2. The predicted molar refractivity (Wildman–Crippen MR) is 139 cm³/mol. The van der Waals surface area contributed by atoms with Crippen molar-refractivity contribution in [2.24, 2.45) is 4.99 Å². The van der Waals surface area contributed by atoms with E-state index in [2.05, 4.69) is 20.6 Å². The van der Waals surface area contributed by atoms with Gasteiger partial charge in [-0.15, -0.1) is 0 Å². The minimum Gasteiger partial charge on any atom is -0.488 e. The molecule has 37 heavy (non-hydrogen) atoms. The lowest BCUT2D eigenvalue weighted by Crippen LogP contribution is -2.40. The smallest absolute Gasteiger partial charge is 0.257 e. The average molecular weight is 532 g/mol. The van der Waals surface area contributed by atoms with Gasteiger partial charge in [0.1, 0.15) is 28.4 Å². The van der Waals surface area contributed by atoms with E-state index in [9.17, 15) is 14.7 Å². The van der Waals surface area contributed by atoms with Gasteiger partial charge in [-0.1, -0.05) is 11.6 Å². The number of morpholine rings is 1. The van der Waals surface area contributed by atoms with Gasteiger partial charge in [0.2, 0.25) is 5.88 Å². The molecule has 198 valence electrons. The first-order valence-electron chi connectivity index (χ1n) is 11.6. The third-order valence-electron chi connectivity index (χ3n) is 5.21. The van der Waals surface area contributed by atoms with Crippen molar-refractivity contribution in [1.29, 1.82) is 0 Å². The number of allylic oxidation sites excluding steroid dienone is 1. The number of carbonyl (C=O) groups is 2. The summed E-state index contributed by atoms with van der Waals surface area (Å²) >= 11 is 6.39. The first kappa shape index (κ1) is 27.9. The van der Waals surface area contributed by atoms with Crippen LogP contribution in [0.1, 0.15) is 27.6 Å². The van der Waals surface area contributed by atoms with Crippen LogP contribution in [-0.4, -0.2) is 86.1 Å². The first-order valence-corrected chi connectivity index (χ1v) is 12.0. The molecule has 2 heterocycles. The Balaban J connectivity index is 1.85. The van der Waals surface area contributed by atoms with Crippen LogP contribution in [0.15, 0.2) is 47.4 Å². The van der Waals surface area contributed by atoms with Crippen LogP contribution in [0, 0.1) is 0 Å². The molecule has 1 aromatic heterocycles. The molecule has 0 unspecified atom stereocenters. The number of aliphatic hydroxyl groups excluding tert-OH is 1. The molecule has 3 rings (SSSR count). The quantitative estimate of drug-likeness (QED) is 0.397. The van der Waals surface area contributed by atoms with Crippen molar-refractivity contribution in [2.45, 2.75) is 13.0 Å². The molecule has 3 N–H and O–H groups in total. The summed E-state index contributed by atoms with van der Waals surface area (Å²) in [5, 5.41) is 15.1. The topological polar surface area (TPSA) is 135 Å². The maximum atomic E-state index is 12.9. The Morgan fingerprint density at radius 3 is 2.62 bits per heavy atom. The van der Waals surface area contributed by atoms with Crippen LogP contribution in [0.2, 0.25) is 5.02 Å². The maximum absolute atomic E-state index is 12.9. The molecule has 2 amide bonds. The number of carbonyl (C=O) groups excluding carboxylic acids is 2. The van der Waals surface area contributed by atoms with Gasteiger partial charge in [-0.05, 0) is 31.2 Å². The molecule has 1 aliphatic heterocycles. The van der Waals surface area contributed by atoms with Crippen LogP contribution in [0.4, 0.5) is 0 Å². The van der Waals surface area contributed by atoms with Crippen LogP contribution in [0.3, 0.4) is 0 Å². The summed E-state index contributed by atoms with van der Waals surface area (Å²) in [7, 11) is 3.27. The van der Waals surface area contributed by atoms with Gasteiger partial charge in [0.25, 0.3) is 11.8 Å². The van der Waals surface area contributed by atoms with Crippen LogP contribution in [-0.2, 0) is 4.74 Å². The molecule has 1 aromatic carbocycles. The van der Waals surface area contributed by atoms with Crippen molar-refractivity contribution >= 4 is 29.6 Å². The maximum Gasteiger partial charge on any atom is 0.257 e. The number of rotatable bonds is 10. The lowest BCUT2D eigenvalue weighted by Gasteiger charge is -2.26. The molecule has 12 heteroatoms. The lowest BCUT2D eigenvalue weighted by molar-refractivity contribution is 0.0302. The molecule has 0 spiro atoms. The van der Waals surface area contributed by atoms with Gasteiger partial charge < -0.3 is 34.9 Å². The minimum absolute atomic E-state index is 0.0499. The zero-order chi connectivity index (χ0) is 26.8. The molecule has 1 saturated heterocycles. The van der Waals surface area contributed by atoms with Crippen LogP contribution in [0.5, 0.6) is 17.4 Å². The third kappa shape index (κ3) is 7.91. The second-order valence-corrected chi connectivity index (χ2v) is 8.42. The van der Waals surface area contributed by atoms with E-state index < -0.39 is 12.0 Å². The van der Waals surface area contributed by atoms with E-state index in [1.807, 2.05) is 0 Å². The number of hydrogen-bond donors (Lipinski definition) is 3. The van der Waals surface area contributed by atoms with E-state index in [4.69, 9.17) is 25.8 Å². The van der Waals surface area contributed by atoms with Crippen LogP contribution >= 0.6 is 11.6 Å². The molecule has 11 nitrogen and oxygen atoms in total. The summed E-state index contributed by atoms with van der Waals surface area (Å²) < 4.78 is 16.9. The van der Waals surface area contributed by atoms with Crippen molar-refractivity contribution in [3.63, 3.8) is 0 Å². The molecule has 1 atom stereocenters. The van der Waals surface area contributed by atoms with E-state index >= 15 is 0 Å². The van der Waals surface area contributed by atoms with Gasteiger partial charge >= 0.3 is 0 Å². The van der Waals surface area contributed by atoms with Crippen LogP contribution < -0.4 is 20.1 Å². The fourth-order valence-corrected chi connectivity index (χ4v) is 3.51. The van der Waals surface area contributed by atoms with Crippen molar-refractivity contribution < 1.29 is 28.9 Å². The highest BCUT2D eigenvalue weighted by Gasteiger charge is 2.21. The molecule has 0 radical (unpaired) electrons. The van der Waals surface area contributed by atoms with Crippen LogP contribution in [0.25, 0.3) is 0 Å². The van der Waals surface area contributed by atoms with E-state index in [-0.39, 0.29) is 34.7 Å². The zero-order valence-electron chi connectivity index (χ0n) is 20.9. The van der Waals surface area contributed by atoms with Crippen molar-refractivity contribution in [3.05, 3.63) is 58.5 Å². The third-order valence-corrected chi connectivity index (χ3v) is 5.48. The number of nitrogens with zero attached hydrogens (tertiary/aromatic N) is 3. The number of aliphatic imine (C=N–C) groups is 1. The van der Waals surface area contributed by atoms with Gasteiger partial charge in [0, 0.05) is 51.2 Å². The normalized spacial score (nSPS) is 14.8. The van der Waals surface area contributed by atoms with E-state index in [0.717, 1.165) is 0 Å². The lowest BCUT2D eigenvalue weighted by atomic mass is 10.2. The fraction of sp³-hybridized carbons (Fsp3) is 0.360. The largest absolute Gasteiger partial charge is 0.488 e. The van der Waals surface area contributed by atoms with Crippen molar-refractivity contribution in [2.75, 3.05) is 47.0 Å². The predicted octanol–water partition coefficient (Wildman–Crippen LogP) is 2.25. The Hall–Kier alpha value is -3.67. The molecule has 2 aromatic rings. The number of aromatic nitrogens is 1. The minimum atomic E-state index is -0.521. The molecule has 0 bridgehead atoms. The Labute approximate surface area is 220 Å². The second-order valence-electron chi connectivity index (χ2n) is 8.01. The molecular formula is C25H30ClN5O6. The van der Waals surface area contributed by atoms with Gasteiger partial charge in [0.05, 0.1) is 25.4 Å². The van der Waals surface area contributed by atoms with Crippen molar-refractivity contribution in [1.82, 2.24) is 20.5 Å². The summed E-state index contributed by atoms with van der Waals surface area (Å²) in [4.78, 5) is 35.4. The highest BCUT2D eigenvalue weighted by atomic mass is 35.5. The second kappa shape index (κ2) is 13.6. The van der Waals surface area contributed by atoms with Gasteiger partial charge in [-0.2, -0.15) is 0 Å². The standard InChI is InChI=1S/C25H30ClN5O6/c1-16(15-32)36-19-10-17(23(33)30-22(28-3)4-5-27-2)11-20(13-19)37-24-21(26)12-18(14-29-24)25(34)31-6-8-35-9-7-31/h4-5,10-14,16,28,32H,6-9,15H2,1-3H3,(H,30,33)/t16-/m0/s1. The molecule has 0 saturated carbocycles. The summed E-state index contributed by atoms with van der Waals surface area (Å²) in [5.41, 5.74) is 0.553. The van der Waals surface area contributed by atoms with Gasteiger partial charge in [0.15, 0.2) is 0 Å². The molecular weight excluding hydrogens is 502 g/mol. The summed E-state index contributed by atoms with van der Waals surface area (Å²) in [6.45, 7) is 3.41. The summed E-state index contributed by atoms with van der Waals surface area (Å²) in [6.07, 6.45) is 4.00. The monoisotopic (exact) mass is 531 g/mol. The van der Waals surface area contributed by atoms with E-state index in [1.54, 1.807) is 38.1 Å². The average Bonchev–Trinajstić information content (AvgIpc) is 2.91. The van der Waals surface area contributed by atoms with E-state index in [0.29, 0.717) is 43.4 Å². The Morgan fingerprint density at radius 1 is 1.24 bits per heavy atom. The highest BCUT2D eigenvalue weighted by molar-refractivity contribution is 6.32. The Kier molecular flexibility index (Phi) is 10.2. The number of hydrogen-bond acceptors (Lipinski definition) is 9. The molecule has 0 aliphatic carbocycles. The zero-order valence-corrected chi connectivity index (χ0v) is 21.6. The number of halogens is 1. The molecule has 1 fully saturated rings. The number of benzene rings is 1. The number of amides is 2. The van der Waals surface area contributed by atoms with E-state index in [1.165, 1.54) is 30.6 Å². The number of pyridine rings is 1. The van der Waals surface area contributed by atoms with Crippen molar-refractivity contribution in [3.8, 4) is 17.4 Å². The fourth-order valence-electron chi connectivity index (χ4n) is 3.31. The number of aliphatic hydroxyl groups is 1.